The summed E-state index contributed by atoms with van der Waals surface area (Å²) in [6, 6.07) is 0. The second kappa shape index (κ2) is 19.9. The molecule has 0 heterocycles. The van der Waals surface area contributed by atoms with Crippen LogP contribution in [0.1, 0.15) is 91.4 Å². The topological polar surface area (TPSA) is 95.1 Å². The molecule has 1 rings (SSSR count). The first-order chi connectivity index (χ1) is 16.4. The molecule has 1 aliphatic rings. The van der Waals surface area contributed by atoms with E-state index in [1.54, 1.807) is 0 Å². The molecule has 0 unspecified atom stereocenters. The Morgan fingerprint density at radius 2 is 1.18 bits per heavy atom. The average molecular weight is 487 g/mol. The van der Waals surface area contributed by atoms with E-state index in [0.717, 1.165) is 64.5 Å². The lowest BCUT2D eigenvalue weighted by atomic mass is 9.89. The summed E-state index contributed by atoms with van der Waals surface area (Å²) in [5.41, 5.74) is -0.458. The number of alkyl carbamates (subject to hydrolysis) is 1. The number of hydrogen-bond donors (Lipinski definition) is 2. The molecule has 0 aromatic carbocycles. The smallest absolute Gasteiger partial charge is 0.407 e. The molecule has 0 aromatic rings. The minimum atomic E-state index is -0.458. The molecule has 2 N–H and O–H groups in total. The summed E-state index contributed by atoms with van der Waals surface area (Å²) in [5.74, 6) is 0.506. The molecule has 1 saturated carbocycles. The fraction of sp³-hybridized carbons (Fsp3) is 0.923. The molecule has 0 radical (unpaired) electrons. The van der Waals surface area contributed by atoms with E-state index >= 15 is 0 Å². The lowest BCUT2D eigenvalue weighted by molar-refractivity contribution is -0.125. The van der Waals surface area contributed by atoms with Crippen molar-refractivity contribution in [2.75, 3.05) is 52.7 Å². The summed E-state index contributed by atoms with van der Waals surface area (Å²) in [7, 11) is 0. The normalized spacial score (nSPS) is 14.7. The van der Waals surface area contributed by atoms with Crippen LogP contribution in [0.3, 0.4) is 0 Å². The highest BCUT2D eigenvalue weighted by Crippen LogP contribution is 2.23. The summed E-state index contributed by atoms with van der Waals surface area (Å²) in [4.78, 5) is 23.6. The van der Waals surface area contributed by atoms with Gasteiger partial charge >= 0.3 is 6.09 Å². The van der Waals surface area contributed by atoms with Gasteiger partial charge in [-0.15, -0.1) is 0 Å². The quantitative estimate of drug-likeness (QED) is 0.259. The first-order valence-electron chi connectivity index (χ1n) is 13.4. The van der Waals surface area contributed by atoms with Gasteiger partial charge in [-0.2, -0.15) is 0 Å². The SMILES string of the molecule is CC(C)(C)OC(=O)NCCCCCOCCOCCOCCCCCNC(=O)C1CCCCC1. The van der Waals surface area contributed by atoms with Crippen molar-refractivity contribution in [3.05, 3.63) is 0 Å². The van der Waals surface area contributed by atoms with Crippen molar-refractivity contribution in [1.82, 2.24) is 10.6 Å². The minimum Gasteiger partial charge on any atom is -0.444 e. The number of ether oxygens (including phenoxy) is 4. The van der Waals surface area contributed by atoms with Crippen LogP contribution in [0.25, 0.3) is 0 Å². The van der Waals surface area contributed by atoms with Crippen LogP contribution >= 0.6 is 0 Å². The fourth-order valence-electron chi connectivity index (χ4n) is 3.78. The van der Waals surface area contributed by atoms with Crippen molar-refractivity contribution in [3.8, 4) is 0 Å². The minimum absolute atomic E-state index is 0.252. The highest BCUT2D eigenvalue weighted by Gasteiger charge is 2.20. The van der Waals surface area contributed by atoms with Crippen molar-refractivity contribution < 1.29 is 28.5 Å². The van der Waals surface area contributed by atoms with Gasteiger partial charge in [-0.1, -0.05) is 19.3 Å². The zero-order chi connectivity index (χ0) is 24.9. The van der Waals surface area contributed by atoms with Crippen molar-refractivity contribution in [3.63, 3.8) is 0 Å². The van der Waals surface area contributed by atoms with Crippen molar-refractivity contribution >= 4 is 12.0 Å². The van der Waals surface area contributed by atoms with E-state index in [1.165, 1.54) is 19.3 Å². The summed E-state index contributed by atoms with van der Waals surface area (Å²) in [5, 5.41) is 5.84. The number of amides is 2. The number of carbonyl (C=O) groups is 2. The van der Waals surface area contributed by atoms with E-state index in [-0.39, 0.29) is 17.9 Å². The Balaban J connectivity index is 1.72. The van der Waals surface area contributed by atoms with Gasteiger partial charge in [-0.05, 0) is 72.1 Å². The van der Waals surface area contributed by atoms with Gasteiger partial charge in [0.1, 0.15) is 5.60 Å². The third-order valence-electron chi connectivity index (χ3n) is 5.62. The highest BCUT2D eigenvalue weighted by molar-refractivity contribution is 5.78. The molecular weight excluding hydrogens is 436 g/mol. The Labute approximate surface area is 207 Å². The lowest BCUT2D eigenvalue weighted by Crippen LogP contribution is -2.33. The Hall–Kier alpha value is -1.38. The van der Waals surface area contributed by atoms with E-state index in [9.17, 15) is 9.59 Å². The molecule has 0 aromatic heterocycles. The molecule has 0 spiro atoms. The van der Waals surface area contributed by atoms with Crippen LogP contribution in [-0.2, 0) is 23.7 Å². The number of unbranched alkanes of at least 4 members (excludes halogenated alkanes) is 4. The molecule has 0 bridgehead atoms. The number of carbonyl (C=O) groups excluding carboxylic acids is 2. The predicted molar refractivity (Wildman–Crippen MR) is 134 cm³/mol. The van der Waals surface area contributed by atoms with Gasteiger partial charge in [0.05, 0.1) is 26.4 Å². The van der Waals surface area contributed by atoms with Gasteiger partial charge < -0.3 is 29.6 Å². The number of rotatable bonds is 19. The average Bonchev–Trinajstić information content (AvgIpc) is 2.79. The van der Waals surface area contributed by atoms with Crippen LogP contribution in [0.2, 0.25) is 0 Å². The van der Waals surface area contributed by atoms with Gasteiger partial charge in [0.25, 0.3) is 0 Å². The standard InChI is InChI=1S/C26H50N2O6/c1-26(2,3)34-25(30)28-16-10-6-12-18-32-20-22-33-21-19-31-17-11-5-9-15-27-24(29)23-13-7-4-8-14-23/h23H,4-22H2,1-3H3,(H,27,29)(H,28,30). The molecule has 0 atom stereocenters. The third kappa shape index (κ3) is 19.0. The van der Waals surface area contributed by atoms with Gasteiger partial charge in [0.2, 0.25) is 5.91 Å². The maximum atomic E-state index is 12.1. The molecule has 0 saturated heterocycles. The maximum absolute atomic E-state index is 12.1. The predicted octanol–water partition coefficient (Wildman–Crippen LogP) is 4.60. The summed E-state index contributed by atoms with van der Waals surface area (Å²) >= 11 is 0. The number of nitrogens with one attached hydrogen (secondary N) is 2. The third-order valence-corrected chi connectivity index (χ3v) is 5.62. The maximum Gasteiger partial charge on any atom is 0.407 e. The zero-order valence-electron chi connectivity index (χ0n) is 22.0. The van der Waals surface area contributed by atoms with Gasteiger partial charge in [0, 0.05) is 32.2 Å². The second-order valence-electron chi connectivity index (χ2n) is 10.0. The Bertz CT molecular complexity index is 518. The van der Waals surface area contributed by atoms with Crippen molar-refractivity contribution in [2.45, 2.75) is 97.0 Å². The van der Waals surface area contributed by atoms with Crippen LogP contribution in [0.15, 0.2) is 0 Å². The second-order valence-corrected chi connectivity index (χ2v) is 10.0. The Kier molecular flexibility index (Phi) is 17.9. The van der Waals surface area contributed by atoms with E-state index in [2.05, 4.69) is 10.6 Å². The first-order valence-corrected chi connectivity index (χ1v) is 13.4. The van der Waals surface area contributed by atoms with E-state index in [0.29, 0.717) is 39.6 Å². The van der Waals surface area contributed by atoms with E-state index in [4.69, 9.17) is 18.9 Å². The number of hydrogen-bond acceptors (Lipinski definition) is 6. The van der Waals surface area contributed by atoms with E-state index in [1.807, 2.05) is 20.8 Å². The zero-order valence-corrected chi connectivity index (χ0v) is 22.0. The van der Waals surface area contributed by atoms with Gasteiger partial charge in [-0.3, -0.25) is 4.79 Å². The molecule has 1 aliphatic carbocycles. The molecule has 8 heteroatoms. The van der Waals surface area contributed by atoms with Crippen molar-refractivity contribution in [1.29, 1.82) is 0 Å². The molecule has 0 aliphatic heterocycles. The largest absolute Gasteiger partial charge is 0.444 e. The van der Waals surface area contributed by atoms with Crippen LogP contribution in [-0.4, -0.2) is 70.3 Å². The van der Waals surface area contributed by atoms with Crippen LogP contribution in [0.5, 0.6) is 0 Å². The molecule has 1 fully saturated rings. The monoisotopic (exact) mass is 486 g/mol. The molecular formula is C26H50N2O6. The fourth-order valence-corrected chi connectivity index (χ4v) is 3.78. The molecule has 200 valence electrons. The summed E-state index contributed by atoms with van der Waals surface area (Å²) in [6.45, 7) is 10.7. The Morgan fingerprint density at radius 3 is 1.71 bits per heavy atom. The van der Waals surface area contributed by atoms with Gasteiger partial charge in [-0.25, -0.2) is 4.79 Å². The van der Waals surface area contributed by atoms with Crippen LogP contribution < -0.4 is 10.6 Å². The van der Waals surface area contributed by atoms with Crippen LogP contribution in [0, 0.1) is 5.92 Å². The van der Waals surface area contributed by atoms with Crippen molar-refractivity contribution in [2.24, 2.45) is 5.92 Å². The molecule has 8 nitrogen and oxygen atoms in total. The lowest BCUT2D eigenvalue weighted by Gasteiger charge is -2.20. The van der Waals surface area contributed by atoms with Gasteiger partial charge in [0.15, 0.2) is 0 Å². The first kappa shape index (κ1) is 30.7. The molecule has 34 heavy (non-hydrogen) atoms. The summed E-state index contributed by atoms with van der Waals surface area (Å²) < 4.78 is 21.8. The molecule has 2 amide bonds. The van der Waals surface area contributed by atoms with Crippen LogP contribution in [0.4, 0.5) is 4.79 Å². The highest BCUT2D eigenvalue weighted by atomic mass is 16.6. The van der Waals surface area contributed by atoms with E-state index < -0.39 is 5.60 Å². The summed E-state index contributed by atoms with van der Waals surface area (Å²) in [6.07, 6.45) is 11.4. The Morgan fingerprint density at radius 1 is 0.676 bits per heavy atom.